The Bertz CT molecular complexity index is 738. The van der Waals surface area contributed by atoms with Gasteiger partial charge in [0.15, 0.2) is 6.17 Å². The second-order valence-electron chi connectivity index (χ2n) is 6.57. The third-order valence-electron chi connectivity index (χ3n) is 4.33. The molecule has 1 aliphatic heterocycles. The van der Waals surface area contributed by atoms with Crippen molar-refractivity contribution in [3.05, 3.63) is 59.2 Å². The number of methoxy groups -OCH3 is 1. The molecule has 0 aromatic heterocycles. The minimum Gasteiger partial charge on any atom is -0.497 e. The topological polar surface area (TPSA) is 38.3 Å². The van der Waals surface area contributed by atoms with E-state index in [9.17, 15) is 9.18 Å². The first-order valence-electron chi connectivity index (χ1n) is 7.63. The highest BCUT2D eigenvalue weighted by molar-refractivity contribution is 5.98. The number of carbonyl (C=O) groups is 1. The number of amides is 1. The largest absolute Gasteiger partial charge is 0.497 e. The maximum atomic E-state index is 14.8. The summed E-state index contributed by atoms with van der Waals surface area (Å²) in [6, 6.07) is 12.3. The van der Waals surface area contributed by atoms with Crippen molar-refractivity contribution in [3.63, 3.8) is 0 Å². The molecule has 1 atom stereocenters. The smallest absolute Gasteiger partial charge is 0.230 e. The Balaban J connectivity index is 1.89. The van der Waals surface area contributed by atoms with Crippen LogP contribution >= 0.6 is 0 Å². The first-order chi connectivity index (χ1) is 10.9. The summed E-state index contributed by atoms with van der Waals surface area (Å²) >= 11 is 0. The van der Waals surface area contributed by atoms with E-state index in [1.54, 1.807) is 43.5 Å². The molecule has 0 fully saturated rings. The molecule has 23 heavy (non-hydrogen) atoms. The van der Waals surface area contributed by atoms with Crippen LogP contribution in [-0.2, 0) is 11.2 Å². The number of fused-ring (bicyclic) bond motifs is 1. The number of rotatable bonds is 3. The van der Waals surface area contributed by atoms with E-state index >= 15 is 0 Å². The van der Waals surface area contributed by atoms with Crippen LogP contribution in [0, 0.1) is 5.41 Å². The summed E-state index contributed by atoms with van der Waals surface area (Å²) in [6.07, 6.45) is -0.577. The highest BCUT2D eigenvalue weighted by Gasteiger charge is 2.33. The molecular weight excluding hydrogens is 293 g/mol. The van der Waals surface area contributed by atoms with Crippen LogP contribution in [0.1, 0.15) is 36.7 Å². The predicted octanol–water partition coefficient (Wildman–Crippen LogP) is 4.27. The lowest BCUT2D eigenvalue weighted by molar-refractivity contribution is -0.124. The lowest BCUT2D eigenvalue weighted by atomic mass is 9.81. The molecule has 0 saturated carbocycles. The summed E-state index contributed by atoms with van der Waals surface area (Å²) in [5.41, 5.74) is 2.42. The normalized spacial score (nSPS) is 17.1. The Morgan fingerprint density at radius 3 is 2.43 bits per heavy atom. The lowest BCUT2D eigenvalue weighted by Crippen LogP contribution is -2.37. The van der Waals surface area contributed by atoms with Crippen LogP contribution in [0.5, 0.6) is 5.75 Å². The number of benzene rings is 2. The van der Waals surface area contributed by atoms with Crippen molar-refractivity contribution in [2.75, 3.05) is 12.4 Å². The minimum absolute atomic E-state index is 0.0259. The predicted molar refractivity (Wildman–Crippen MR) is 88.5 cm³/mol. The fraction of sp³-hybridized carbons (Fsp3) is 0.316. The quantitative estimate of drug-likeness (QED) is 0.918. The molecule has 120 valence electrons. The zero-order valence-electron chi connectivity index (χ0n) is 13.5. The van der Waals surface area contributed by atoms with Gasteiger partial charge in [0.05, 0.1) is 7.11 Å². The monoisotopic (exact) mass is 313 g/mol. The lowest BCUT2D eigenvalue weighted by Gasteiger charge is -2.31. The minimum atomic E-state index is -1.24. The second-order valence-corrected chi connectivity index (χ2v) is 6.57. The molecule has 0 spiro atoms. The summed E-state index contributed by atoms with van der Waals surface area (Å²) in [4.78, 5) is 12.1. The van der Waals surface area contributed by atoms with Crippen molar-refractivity contribution in [3.8, 4) is 5.75 Å². The van der Waals surface area contributed by atoms with Crippen LogP contribution in [0.3, 0.4) is 0 Å². The Morgan fingerprint density at radius 1 is 1.13 bits per heavy atom. The fourth-order valence-electron chi connectivity index (χ4n) is 2.84. The molecule has 1 heterocycles. The van der Waals surface area contributed by atoms with E-state index in [-0.39, 0.29) is 5.91 Å². The number of anilines is 1. The SMILES string of the molecule is COc1ccc(C(F)c2ccc3c(c2)NC(=O)C(C)(C)C3)cc1. The van der Waals surface area contributed by atoms with Crippen LogP contribution < -0.4 is 10.1 Å². The average molecular weight is 313 g/mol. The van der Waals surface area contributed by atoms with Gasteiger partial charge >= 0.3 is 0 Å². The molecule has 0 bridgehead atoms. The first-order valence-corrected chi connectivity index (χ1v) is 7.63. The summed E-state index contributed by atoms with van der Waals surface area (Å²) in [7, 11) is 1.58. The van der Waals surface area contributed by atoms with E-state index in [0.29, 0.717) is 29.0 Å². The fourth-order valence-corrected chi connectivity index (χ4v) is 2.84. The van der Waals surface area contributed by atoms with Crippen LogP contribution in [0.15, 0.2) is 42.5 Å². The van der Waals surface area contributed by atoms with E-state index in [1.165, 1.54) is 0 Å². The van der Waals surface area contributed by atoms with E-state index in [1.807, 2.05) is 19.9 Å². The van der Waals surface area contributed by atoms with E-state index < -0.39 is 11.6 Å². The maximum absolute atomic E-state index is 14.8. The van der Waals surface area contributed by atoms with Crippen molar-refractivity contribution < 1.29 is 13.9 Å². The molecule has 0 aliphatic carbocycles. The number of hydrogen-bond acceptors (Lipinski definition) is 2. The van der Waals surface area contributed by atoms with E-state index in [2.05, 4.69) is 5.32 Å². The van der Waals surface area contributed by atoms with Crippen LogP contribution in [-0.4, -0.2) is 13.0 Å². The molecule has 1 amide bonds. The molecule has 1 N–H and O–H groups in total. The van der Waals surface area contributed by atoms with Crippen LogP contribution in [0.25, 0.3) is 0 Å². The van der Waals surface area contributed by atoms with Crippen molar-refractivity contribution in [1.82, 2.24) is 0 Å². The maximum Gasteiger partial charge on any atom is 0.230 e. The Labute approximate surface area is 135 Å². The molecule has 3 nitrogen and oxygen atoms in total. The van der Waals surface area contributed by atoms with Gasteiger partial charge < -0.3 is 10.1 Å². The van der Waals surface area contributed by atoms with E-state index in [4.69, 9.17) is 4.74 Å². The average Bonchev–Trinajstić information content (AvgIpc) is 2.54. The molecular formula is C19H20FNO2. The summed E-state index contributed by atoms with van der Waals surface area (Å²) < 4.78 is 19.9. The zero-order chi connectivity index (χ0) is 16.6. The van der Waals surface area contributed by atoms with Gasteiger partial charge in [0, 0.05) is 11.1 Å². The summed E-state index contributed by atoms with van der Waals surface area (Å²) in [5, 5.41) is 2.89. The third-order valence-corrected chi connectivity index (χ3v) is 4.33. The second kappa shape index (κ2) is 5.69. The molecule has 2 aromatic carbocycles. The van der Waals surface area contributed by atoms with Crippen molar-refractivity contribution >= 4 is 11.6 Å². The molecule has 0 saturated heterocycles. The highest BCUT2D eigenvalue weighted by atomic mass is 19.1. The van der Waals surface area contributed by atoms with Gasteiger partial charge in [-0.1, -0.05) is 38.1 Å². The van der Waals surface area contributed by atoms with Crippen molar-refractivity contribution in [2.45, 2.75) is 26.4 Å². The summed E-state index contributed by atoms with van der Waals surface area (Å²) in [6.45, 7) is 3.82. The van der Waals surface area contributed by atoms with Gasteiger partial charge in [-0.2, -0.15) is 0 Å². The zero-order valence-corrected chi connectivity index (χ0v) is 13.5. The van der Waals surface area contributed by atoms with Gasteiger partial charge in [0.2, 0.25) is 5.91 Å². The van der Waals surface area contributed by atoms with Crippen molar-refractivity contribution in [1.29, 1.82) is 0 Å². The Morgan fingerprint density at radius 2 is 1.78 bits per heavy atom. The van der Waals surface area contributed by atoms with Crippen molar-refractivity contribution in [2.24, 2.45) is 5.41 Å². The molecule has 1 aliphatic rings. The Kier molecular flexibility index (Phi) is 3.84. The van der Waals surface area contributed by atoms with Gasteiger partial charge in [-0.05, 0) is 41.3 Å². The third kappa shape index (κ3) is 2.93. The number of hydrogen-bond donors (Lipinski definition) is 1. The molecule has 3 rings (SSSR count). The standard InChI is InChI=1S/C19H20FNO2/c1-19(2)11-14-5-4-13(10-16(14)21-18(19)22)17(20)12-6-8-15(23-3)9-7-12/h4-10,17H,11H2,1-3H3,(H,21,22). The Hall–Kier alpha value is -2.36. The van der Waals surface area contributed by atoms with Gasteiger partial charge in [-0.3, -0.25) is 4.79 Å². The summed E-state index contributed by atoms with van der Waals surface area (Å²) in [5.74, 6) is 0.669. The van der Waals surface area contributed by atoms with Gasteiger partial charge in [0.1, 0.15) is 5.75 Å². The molecule has 1 unspecified atom stereocenters. The number of halogens is 1. The number of ether oxygens (including phenoxy) is 1. The van der Waals surface area contributed by atoms with Gasteiger partial charge in [0.25, 0.3) is 0 Å². The van der Waals surface area contributed by atoms with Crippen LogP contribution in [0.4, 0.5) is 10.1 Å². The number of carbonyl (C=O) groups excluding carboxylic acids is 1. The molecule has 2 aromatic rings. The van der Waals surface area contributed by atoms with Gasteiger partial charge in [-0.15, -0.1) is 0 Å². The molecule has 0 radical (unpaired) electrons. The number of nitrogens with one attached hydrogen (secondary N) is 1. The van der Waals surface area contributed by atoms with Gasteiger partial charge in [-0.25, -0.2) is 4.39 Å². The van der Waals surface area contributed by atoms with E-state index in [0.717, 1.165) is 5.56 Å². The molecule has 4 heteroatoms. The first kappa shape index (κ1) is 15.5. The number of alkyl halides is 1. The highest BCUT2D eigenvalue weighted by Crippen LogP contribution is 2.36. The van der Waals surface area contributed by atoms with Crippen LogP contribution in [0.2, 0.25) is 0 Å².